The van der Waals surface area contributed by atoms with Gasteiger partial charge in [0.1, 0.15) is 0 Å². The first-order valence-corrected chi connectivity index (χ1v) is 9.50. The van der Waals surface area contributed by atoms with Gasteiger partial charge in [-0.25, -0.2) is 10.1 Å². The van der Waals surface area contributed by atoms with Gasteiger partial charge in [-0.1, -0.05) is 43.7 Å². The molecule has 0 radical (unpaired) electrons. The first kappa shape index (κ1) is 20.8. The van der Waals surface area contributed by atoms with E-state index in [1.807, 2.05) is 6.92 Å². The van der Waals surface area contributed by atoms with Gasteiger partial charge in [0.25, 0.3) is 17.2 Å². The summed E-state index contributed by atoms with van der Waals surface area (Å²) in [6.07, 6.45) is 2.96. The third-order valence-corrected chi connectivity index (χ3v) is 4.62. The Balaban J connectivity index is 1.89. The molecule has 3 aromatic rings. The lowest BCUT2D eigenvalue weighted by molar-refractivity contribution is -0.385. The number of nitro groups is 1. The Hall–Kier alpha value is -3.88. The minimum Gasteiger partial charge on any atom is -0.267 e. The molecule has 2 aromatic carbocycles. The van der Waals surface area contributed by atoms with Crippen molar-refractivity contribution in [2.24, 2.45) is 5.10 Å². The number of nitrogens with zero attached hydrogens (tertiary/aromatic N) is 4. The van der Waals surface area contributed by atoms with Crippen LogP contribution in [0.15, 0.2) is 52.4 Å². The molecule has 1 N–H and O–H groups in total. The fraction of sp³-hybridized carbons (Fsp3) is 0.238. The van der Waals surface area contributed by atoms with Gasteiger partial charge < -0.3 is 0 Å². The van der Waals surface area contributed by atoms with Gasteiger partial charge in [0.2, 0.25) is 0 Å². The molecule has 1 amide bonds. The van der Waals surface area contributed by atoms with E-state index in [0.717, 1.165) is 12.8 Å². The number of aryl methyl sites for hydroxylation is 2. The SMILES string of the molecule is CCCCn1nc(C(=O)N/N=C\c2ccc(C)c([N+](=O)[O-])c2)c2ccccc2c1=O. The number of rotatable bonds is 7. The standard InChI is InChI=1S/C21H21N5O4/c1-3-4-11-25-21(28)17-8-6-5-7-16(17)19(24-25)20(27)23-22-13-15-10-9-14(2)18(12-15)26(29)30/h5-10,12-13H,3-4,11H2,1-2H3,(H,23,27)/b22-13-. The Kier molecular flexibility index (Phi) is 6.31. The Morgan fingerprint density at radius 1 is 1.27 bits per heavy atom. The van der Waals surface area contributed by atoms with Crippen molar-refractivity contribution in [1.82, 2.24) is 15.2 Å². The van der Waals surface area contributed by atoms with Crippen molar-refractivity contribution in [3.63, 3.8) is 0 Å². The number of hydrazone groups is 1. The molecule has 30 heavy (non-hydrogen) atoms. The van der Waals surface area contributed by atoms with E-state index in [4.69, 9.17) is 0 Å². The minimum atomic E-state index is -0.575. The quantitative estimate of drug-likeness (QED) is 0.366. The van der Waals surface area contributed by atoms with Crippen molar-refractivity contribution in [3.05, 3.63) is 79.8 Å². The largest absolute Gasteiger partial charge is 0.292 e. The zero-order valence-electron chi connectivity index (χ0n) is 16.7. The van der Waals surface area contributed by atoms with Gasteiger partial charge in [0, 0.05) is 29.1 Å². The number of nitrogens with one attached hydrogen (secondary N) is 1. The van der Waals surface area contributed by atoms with Crippen LogP contribution in [-0.4, -0.2) is 26.8 Å². The van der Waals surface area contributed by atoms with Crippen LogP contribution in [0, 0.1) is 17.0 Å². The highest BCUT2D eigenvalue weighted by molar-refractivity contribution is 6.05. The second-order valence-electron chi connectivity index (χ2n) is 6.78. The monoisotopic (exact) mass is 407 g/mol. The van der Waals surface area contributed by atoms with Crippen LogP contribution in [0.4, 0.5) is 5.69 Å². The number of aromatic nitrogens is 2. The summed E-state index contributed by atoms with van der Waals surface area (Å²) in [6.45, 7) is 4.06. The second-order valence-corrected chi connectivity index (χ2v) is 6.78. The van der Waals surface area contributed by atoms with Crippen LogP contribution < -0.4 is 11.0 Å². The number of fused-ring (bicyclic) bond motifs is 1. The van der Waals surface area contributed by atoms with Crippen molar-refractivity contribution < 1.29 is 9.72 Å². The minimum absolute atomic E-state index is 0.0269. The molecule has 154 valence electrons. The van der Waals surface area contributed by atoms with E-state index < -0.39 is 10.8 Å². The first-order chi connectivity index (χ1) is 14.4. The number of benzene rings is 2. The number of hydrogen-bond acceptors (Lipinski definition) is 6. The van der Waals surface area contributed by atoms with E-state index in [2.05, 4.69) is 15.6 Å². The van der Waals surface area contributed by atoms with Gasteiger partial charge in [-0.15, -0.1) is 0 Å². The first-order valence-electron chi connectivity index (χ1n) is 9.50. The van der Waals surface area contributed by atoms with Crippen LogP contribution in [0.5, 0.6) is 0 Å². The third kappa shape index (κ3) is 4.40. The van der Waals surface area contributed by atoms with Gasteiger partial charge in [0.05, 0.1) is 16.5 Å². The van der Waals surface area contributed by atoms with Gasteiger partial charge >= 0.3 is 0 Å². The summed E-state index contributed by atoms with van der Waals surface area (Å²) in [4.78, 5) is 35.9. The Morgan fingerprint density at radius 3 is 2.70 bits per heavy atom. The highest BCUT2D eigenvalue weighted by Crippen LogP contribution is 2.18. The summed E-state index contributed by atoms with van der Waals surface area (Å²) in [6, 6.07) is 11.4. The van der Waals surface area contributed by atoms with Crippen molar-refractivity contribution in [2.45, 2.75) is 33.2 Å². The third-order valence-electron chi connectivity index (χ3n) is 4.62. The molecule has 1 heterocycles. The van der Waals surface area contributed by atoms with Crippen molar-refractivity contribution in [2.75, 3.05) is 0 Å². The van der Waals surface area contributed by atoms with E-state index >= 15 is 0 Å². The van der Waals surface area contributed by atoms with E-state index in [-0.39, 0.29) is 16.9 Å². The lowest BCUT2D eigenvalue weighted by Gasteiger charge is -2.09. The molecule has 0 atom stereocenters. The summed E-state index contributed by atoms with van der Waals surface area (Å²) in [5, 5.41) is 20.0. The molecule has 9 nitrogen and oxygen atoms in total. The van der Waals surface area contributed by atoms with Gasteiger partial charge in [-0.2, -0.15) is 10.2 Å². The lowest BCUT2D eigenvalue weighted by Crippen LogP contribution is -2.29. The summed E-state index contributed by atoms with van der Waals surface area (Å²) in [5.41, 5.74) is 3.21. The number of carbonyl (C=O) groups excluding carboxylic acids is 1. The molecule has 0 aliphatic rings. The molecule has 0 fully saturated rings. The maximum atomic E-state index is 12.7. The van der Waals surface area contributed by atoms with Crippen LogP contribution in [0.2, 0.25) is 0 Å². The van der Waals surface area contributed by atoms with Crippen molar-refractivity contribution >= 4 is 28.6 Å². The molecule has 0 aliphatic heterocycles. The highest BCUT2D eigenvalue weighted by Gasteiger charge is 2.16. The molecule has 0 aliphatic carbocycles. The van der Waals surface area contributed by atoms with Crippen LogP contribution in [0.25, 0.3) is 10.8 Å². The number of nitro benzene ring substituents is 1. The zero-order valence-corrected chi connectivity index (χ0v) is 16.7. The van der Waals surface area contributed by atoms with Crippen LogP contribution in [-0.2, 0) is 6.54 Å². The topological polar surface area (TPSA) is 119 Å². The van der Waals surface area contributed by atoms with E-state index in [1.165, 1.54) is 17.0 Å². The van der Waals surface area contributed by atoms with Crippen molar-refractivity contribution in [3.8, 4) is 0 Å². The van der Waals surface area contributed by atoms with E-state index in [9.17, 15) is 19.7 Å². The molecule has 1 aromatic heterocycles. The molecule has 0 saturated carbocycles. The fourth-order valence-corrected chi connectivity index (χ4v) is 2.98. The van der Waals surface area contributed by atoms with Crippen molar-refractivity contribution in [1.29, 1.82) is 0 Å². The predicted octanol–water partition coefficient (Wildman–Crippen LogP) is 3.18. The molecule has 0 saturated heterocycles. The number of hydrogen-bond donors (Lipinski definition) is 1. The number of amides is 1. The molecule has 9 heteroatoms. The summed E-state index contributed by atoms with van der Waals surface area (Å²) in [7, 11) is 0. The van der Waals surface area contributed by atoms with Crippen LogP contribution in [0.3, 0.4) is 0 Å². The lowest BCUT2D eigenvalue weighted by atomic mass is 10.1. The van der Waals surface area contributed by atoms with Gasteiger partial charge in [-0.3, -0.25) is 19.7 Å². The fourth-order valence-electron chi connectivity index (χ4n) is 2.98. The molecule has 3 rings (SSSR count). The molecule has 0 spiro atoms. The maximum absolute atomic E-state index is 12.7. The highest BCUT2D eigenvalue weighted by atomic mass is 16.6. The Morgan fingerprint density at radius 2 is 2.00 bits per heavy atom. The summed E-state index contributed by atoms with van der Waals surface area (Å²) >= 11 is 0. The molecular weight excluding hydrogens is 386 g/mol. The molecule has 0 unspecified atom stereocenters. The number of unbranched alkanes of at least 4 members (excludes halogenated alkanes) is 1. The summed E-state index contributed by atoms with van der Waals surface area (Å²) in [5.74, 6) is -0.575. The average Bonchev–Trinajstić information content (AvgIpc) is 2.74. The zero-order chi connectivity index (χ0) is 21.7. The molecule has 0 bridgehead atoms. The van der Waals surface area contributed by atoms with Gasteiger partial charge in [-0.05, 0) is 19.4 Å². The van der Waals surface area contributed by atoms with Crippen LogP contribution in [0.1, 0.15) is 41.4 Å². The normalized spacial score (nSPS) is 11.1. The molecular formula is C21H21N5O4. The smallest absolute Gasteiger partial charge is 0.267 e. The Labute approximate surface area is 172 Å². The van der Waals surface area contributed by atoms with Gasteiger partial charge in [0.15, 0.2) is 5.69 Å². The second kappa shape index (κ2) is 9.08. The Bertz CT molecular complexity index is 1200. The van der Waals surface area contributed by atoms with E-state index in [1.54, 1.807) is 43.3 Å². The van der Waals surface area contributed by atoms with E-state index in [0.29, 0.717) is 28.4 Å². The summed E-state index contributed by atoms with van der Waals surface area (Å²) < 4.78 is 1.30. The predicted molar refractivity (Wildman–Crippen MR) is 114 cm³/mol. The maximum Gasteiger partial charge on any atom is 0.292 e. The van der Waals surface area contributed by atoms with Crippen LogP contribution >= 0.6 is 0 Å². The average molecular weight is 407 g/mol. The number of carbonyl (C=O) groups is 1.